The number of rotatable bonds is 3. The van der Waals surface area contributed by atoms with E-state index < -0.39 is 1.87 Å². The number of alkyl halides is 3. The van der Waals surface area contributed by atoms with Gasteiger partial charge in [0.1, 0.15) is 5.75 Å². The van der Waals surface area contributed by atoms with Crippen molar-refractivity contribution in [3.05, 3.63) is 29.8 Å². The second-order valence-corrected chi connectivity index (χ2v) is 7.23. The second kappa shape index (κ2) is 4.74. The monoisotopic (exact) mass is 407 g/mol. The predicted octanol–water partition coefficient (Wildman–Crippen LogP) is 2.97. The molecule has 0 fully saturated rings. The van der Waals surface area contributed by atoms with Crippen molar-refractivity contribution in [2.75, 3.05) is 0 Å². The minimum atomic E-state index is -1.69. The Labute approximate surface area is 103 Å². The van der Waals surface area contributed by atoms with E-state index >= 15 is 0 Å². The lowest BCUT2D eigenvalue weighted by Crippen LogP contribution is -2.12. The Morgan fingerprint density at radius 1 is 1.31 bits per heavy atom. The zero-order valence-corrected chi connectivity index (χ0v) is 11.0. The molecule has 1 rings (SSSR count). The SMILES string of the molecule is NCc1ccc(OC(F)(I)I)cc1. The third-order valence-electron chi connectivity index (χ3n) is 1.39. The van der Waals surface area contributed by atoms with Crippen LogP contribution >= 0.6 is 45.2 Å². The molecule has 72 valence electrons. The fourth-order valence-electron chi connectivity index (χ4n) is 0.827. The molecule has 0 aromatic heterocycles. The maximum atomic E-state index is 13.0. The molecular weight excluding hydrogens is 399 g/mol. The predicted molar refractivity (Wildman–Crippen MR) is 66.8 cm³/mol. The summed E-state index contributed by atoms with van der Waals surface area (Å²) in [6.45, 7) is 0.482. The van der Waals surface area contributed by atoms with Crippen LogP contribution in [0, 0.1) is 0 Å². The lowest BCUT2D eigenvalue weighted by atomic mass is 10.2. The highest BCUT2D eigenvalue weighted by Crippen LogP contribution is 2.32. The first-order valence-corrected chi connectivity index (χ1v) is 5.72. The molecule has 0 saturated carbocycles. The van der Waals surface area contributed by atoms with Gasteiger partial charge < -0.3 is 10.5 Å². The van der Waals surface area contributed by atoms with Crippen LogP contribution < -0.4 is 10.5 Å². The number of ether oxygens (including phenoxy) is 1. The molecule has 0 spiro atoms. The average molecular weight is 407 g/mol. The van der Waals surface area contributed by atoms with Crippen LogP contribution in [0.15, 0.2) is 24.3 Å². The zero-order chi connectivity index (χ0) is 9.90. The highest BCUT2D eigenvalue weighted by molar-refractivity contribution is 14.2. The molecular formula is C8H8FI2NO. The first kappa shape index (κ1) is 11.4. The number of benzene rings is 1. The van der Waals surface area contributed by atoms with Gasteiger partial charge in [-0.05, 0) is 17.7 Å². The highest BCUT2D eigenvalue weighted by Gasteiger charge is 2.21. The summed E-state index contributed by atoms with van der Waals surface area (Å²) < 4.78 is 16.3. The molecule has 0 heterocycles. The van der Waals surface area contributed by atoms with Crippen LogP contribution in [-0.2, 0) is 6.54 Å². The molecule has 0 aliphatic carbocycles. The quantitative estimate of drug-likeness (QED) is 0.618. The Bertz CT molecular complexity index is 270. The minimum Gasteiger partial charge on any atom is -0.442 e. The minimum absolute atomic E-state index is 0.482. The second-order valence-electron chi connectivity index (χ2n) is 2.40. The fourth-order valence-corrected chi connectivity index (χ4v) is 1.34. The third kappa shape index (κ3) is 4.41. The van der Waals surface area contributed by atoms with Crippen LogP contribution in [0.4, 0.5) is 4.39 Å². The maximum absolute atomic E-state index is 13.0. The Morgan fingerprint density at radius 3 is 2.23 bits per heavy atom. The molecule has 0 aliphatic heterocycles. The topological polar surface area (TPSA) is 35.2 Å². The smallest absolute Gasteiger partial charge is 0.350 e. The summed E-state index contributed by atoms with van der Waals surface area (Å²) in [5, 5.41) is 0. The van der Waals surface area contributed by atoms with Crippen molar-refractivity contribution in [1.29, 1.82) is 0 Å². The zero-order valence-electron chi connectivity index (χ0n) is 6.64. The van der Waals surface area contributed by atoms with Crippen molar-refractivity contribution < 1.29 is 9.13 Å². The molecule has 0 saturated heterocycles. The lowest BCUT2D eigenvalue weighted by Gasteiger charge is -2.13. The van der Waals surface area contributed by atoms with E-state index in [0.29, 0.717) is 12.3 Å². The Kier molecular flexibility index (Phi) is 4.17. The van der Waals surface area contributed by atoms with Crippen molar-refractivity contribution in [3.63, 3.8) is 0 Å². The van der Waals surface area contributed by atoms with Gasteiger partial charge in [-0.1, -0.05) is 12.1 Å². The Morgan fingerprint density at radius 2 is 1.85 bits per heavy atom. The number of halogens is 3. The van der Waals surface area contributed by atoms with Gasteiger partial charge in [0.05, 0.1) is 0 Å². The van der Waals surface area contributed by atoms with Gasteiger partial charge in [-0.2, -0.15) is 4.39 Å². The van der Waals surface area contributed by atoms with Crippen molar-refractivity contribution >= 4 is 45.2 Å². The van der Waals surface area contributed by atoms with Crippen molar-refractivity contribution in [1.82, 2.24) is 0 Å². The van der Waals surface area contributed by atoms with E-state index in [0.717, 1.165) is 5.56 Å². The first-order valence-electron chi connectivity index (χ1n) is 3.56. The van der Waals surface area contributed by atoms with Crippen LogP contribution in [-0.4, -0.2) is 1.87 Å². The Balaban J connectivity index is 2.70. The van der Waals surface area contributed by atoms with Crippen molar-refractivity contribution in [2.45, 2.75) is 8.41 Å². The van der Waals surface area contributed by atoms with Gasteiger partial charge in [0.25, 0.3) is 0 Å². The van der Waals surface area contributed by atoms with E-state index in [1.807, 2.05) is 12.1 Å². The third-order valence-corrected chi connectivity index (χ3v) is 1.83. The molecule has 0 bridgehead atoms. The summed E-state index contributed by atoms with van der Waals surface area (Å²) in [5.41, 5.74) is 6.41. The first-order chi connectivity index (χ1) is 6.01. The molecule has 1 aromatic rings. The molecule has 0 unspecified atom stereocenters. The number of hydrogen-bond donors (Lipinski definition) is 1. The van der Waals surface area contributed by atoms with Crippen molar-refractivity contribution in [2.24, 2.45) is 5.73 Å². The fraction of sp³-hybridized carbons (Fsp3) is 0.250. The van der Waals surface area contributed by atoms with E-state index in [1.54, 1.807) is 57.3 Å². The van der Waals surface area contributed by atoms with Gasteiger partial charge in [0.2, 0.25) is 0 Å². The summed E-state index contributed by atoms with van der Waals surface area (Å²) in [7, 11) is 0. The van der Waals surface area contributed by atoms with Crippen LogP contribution in [0.1, 0.15) is 5.56 Å². The van der Waals surface area contributed by atoms with Crippen LogP contribution in [0.25, 0.3) is 0 Å². The number of hydrogen-bond acceptors (Lipinski definition) is 2. The molecule has 0 atom stereocenters. The van der Waals surface area contributed by atoms with Gasteiger partial charge in [0, 0.05) is 51.7 Å². The molecule has 0 aliphatic rings. The molecule has 2 nitrogen and oxygen atoms in total. The van der Waals surface area contributed by atoms with Gasteiger partial charge >= 0.3 is 1.87 Å². The molecule has 5 heteroatoms. The molecule has 0 radical (unpaired) electrons. The van der Waals surface area contributed by atoms with Crippen LogP contribution in [0.2, 0.25) is 0 Å². The van der Waals surface area contributed by atoms with E-state index in [-0.39, 0.29) is 0 Å². The molecule has 13 heavy (non-hydrogen) atoms. The molecule has 2 N–H and O–H groups in total. The average Bonchev–Trinajstić information content (AvgIpc) is 2.03. The van der Waals surface area contributed by atoms with E-state index in [9.17, 15) is 4.39 Å². The van der Waals surface area contributed by atoms with Gasteiger partial charge in [0.15, 0.2) is 0 Å². The summed E-state index contributed by atoms with van der Waals surface area (Å²) in [6, 6.07) is 7.03. The highest BCUT2D eigenvalue weighted by atomic mass is 127. The summed E-state index contributed by atoms with van der Waals surface area (Å²) in [6.07, 6.45) is 0. The van der Waals surface area contributed by atoms with Crippen LogP contribution in [0.3, 0.4) is 0 Å². The summed E-state index contributed by atoms with van der Waals surface area (Å²) in [4.78, 5) is 0. The summed E-state index contributed by atoms with van der Waals surface area (Å²) in [5.74, 6) is 0.503. The Hall–Kier alpha value is 0.370. The van der Waals surface area contributed by atoms with E-state index in [2.05, 4.69) is 0 Å². The summed E-state index contributed by atoms with van der Waals surface area (Å²) >= 11 is 3.14. The molecule has 1 aromatic carbocycles. The maximum Gasteiger partial charge on any atom is 0.350 e. The largest absolute Gasteiger partial charge is 0.442 e. The van der Waals surface area contributed by atoms with Crippen molar-refractivity contribution in [3.8, 4) is 5.75 Å². The molecule has 0 amide bonds. The number of nitrogens with two attached hydrogens (primary N) is 1. The van der Waals surface area contributed by atoms with Gasteiger partial charge in [-0.25, -0.2) is 0 Å². The standard InChI is InChI=1S/C8H8FI2NO/c9-8(10,11)13-7-3-1-6(5-12)2-4-7/h1-4H,5,12H2. The van der Waals surface area contributed by atoms with E-state index in [1.165, 1.54) is 0 Å². The lowest BCUT2D eigenvalue weighted by molar-refractivity contribution is 0.154. The van der Waals surface area contributed by atoms with Crippen LogP contribution in [0.5, 0.6) is 5.75 Å². The normalized spacial score (nSPS) is 11.4. The van der Waals surface area contributed by atoms with Gasteiger partial charge in [-0.3, -0.25) is 0 Å². The van der Waals surface area contributed by atoms with E-state index in [4.69, 9.17) is 10.5 Å². The van der Waals surface area contributed by atoms with Gasteiger partial charge in [-0.15, -0.1) is 0 Å².